The molecule has 0 saturated heterocycles. The number of nitrogens with one attached hydrogen (secondary N) is 1. The first kappa shape index (κ1) is 17.1. The lowest BCUT2D eigenvalue weighted by Crippen LogP contribution is -2.28. The maximum Gasteiger partial charge on any atom is 0.259 e. The normalized spacial score (nSPS) is 15.3. The number of carbonyl (C=O) groups is 1. The van der Waals surface area contributed by atoms with Crippen molar-refractivity contribution in [2.24, 2.45) is 0 Å². The molecule has 3 aromatic rings. The Bertz CT molecular complexity index is 987. The van der Waals surface area contributed by atoms with E-state index in [1.54, 1.807) is 25.4 Å². The van der Waals surface area contributed by atoms with E-state index in [1.165, 1.54) is 5.56 Å². The summed E-state index contributed by atoms with van der Waals surface area (Å²) in [7, 11) is 1.59. The van der Waals surface area contributed by atoms with Crippen LogP contribution >= 0.6 is 0 Å². The van der Waals surface area contributed by atoms with Gasteiger partial charge in [0.2, 0.25) is 0 Å². The van der Waals surface area contributed by atoms with Crippen LogP contribution in [0.2, 0.25) is 0 Å². The molecule has 0 spiro atoms. The van der Waals surface area contributed by atoms with Gasteiger partial charge in [-0.3, -0.25) is 4.79 Å². The van der Waals surface area contributed by atoms with E-state index in [9.17, 15) is 4.79 Å². The van der Waals surface area contributed by atoms with Crippen molar-refractivity contribution in [1.82, 2.24) is 4.98 Å². The summed E-state index contributed by atoms with van der Waals surface area (Å²) in [6, 6.07) is 19.5. The summed E-state index contributed by atoms with van der Waals surface area (Å²) in [6.07, 6.45) is 2.66. The van der Waals surface area contributed by atoms with Crippen LogP contribution in [0.4, 0.5) is 17.2 Å². The minimum atomic E-state index is -0.209. The molecule has 2 aromatic carbocycles. The first-order chi connectivity index (χ1) is 13.2. The van der Waals surface area contributed by atoms with Crippen molar-refractivity contribution in [2.45, 2.75) is 19.4 Å². The van der Waals surface area contributed by atoms with Gasteiger partial charge in [-0.2, -0.15) is 0 Å². The van der Waals surface area contributed by atoms with E-state index >= 15 is 0 Å². The van der Waals surface area contributed by atoms with Crippen LogP contribution in [-0.4, -0.2) is 24.0 Å². The number of amides is 1. The zero-order chi connectivity index (χ0) is 18.8. The molecular weight excluding hydrogens is 338 g/mol. The van der Waals surface area contributed by atoms with E-state index in [0.29, 0.717) is 22.8 Å². The zero-order valence-electron chi connectivity index (χ0n) is 15.3. The molecule has 0 radical (unpaired) electrons. The van der Waals surface area contributed by atoms with Gasteiger partial charge < -0.3 is 15.0 Å². The Kier molecular flexibility index (Phi) is 4.50. The summed E-state index contributed by atoms with van der Waals surface area (Å²) in [5.41, 5.74) is 3.54. The van der Waals surface area contributed by atoms with Gasteiger partial charge in [-0.05, 0) is 49.2 Å². The number of anilines is 3. The van der Waals surface area contributed by atoms with Crippen LogP contribution in [-0.2, 0) is 6.42 Å². The van der Waals surface area contributed by atoms with Gasteiger partial charge in [0.1, 0.15) is 11.6 Å². The zero-order valence-corrected chi connectivity index (χ0v) is 15.3. The molecule has 0 bridgehead atoms. The van der Waals surface area contributed by atoms with Crippen LogP contribution in [0.3, 0.4) is 0 Å². The number of aromatic nitrogens is 1. The van der Waals surface area contributed by atoms with E-state index in [4.69, 9.17) is 4.74 Å². The minimum absolute atomic E-state index is 0.209. The molecule has 0 fully saturated rings. The molecule has 1 aliphatic rings. The highest BCUT2D eigenvalue weighted by atomic mass is 16.5. The highest BCUT2D eigenvalue weighted by molar-refractivity contribution is 6.08. The number of nitrogens with zero attached hydrogens (tertiary/aromatic N) is 2. The third kappa shape index (κ3) is 3.12. The number of carbonyl (C=O) groups excluding carboxylic acids is 1. The third-order valence-corrected chi connectivity index (χ3v) is 4.82. The molecule has 0 saturated carbocycles. The first-order valence-electron chi connectivity index (χ1n) is 8.95. The van der Waals surface area contributed by atoms with Gasteiger partial charge in [0.25, 0.3) is 5.91 Å². The Morgan fingerprint density at radius 1 is 1.11 bits per heavy atom. The number of benzene rings is 2. The van der Waals surface area contributed by atoms with Crippen LogP contribution < -0.4 is 15.0 Å². The van der Waals surface area contributed by atoms with Crippen molar-refractivity contribution in [3.8, 4) is 5.75 Å². The highest BCUT2D eigenvalue weighted by Crippen LogP contribution is 2.38. The molecule has 1 aromatic heterocycles. The Labute approximate surface area is 158 Å². The quantitative estimate of drug-likeness (QED) is 0.749. The Hall–Kier alpha value is -3.34. The molecule has 1 amide bonds. The van der Waals surface area contributed by atoms with Crippen LogP contribution in [0.5, 0.6) is 5.75 Å². The average molecular weight is 359 g/mol. The molecule has 5 heteroatoms. The summed E-state index contributed by atoms with van der Waals surface area (Å²) in [5, 5.41) is 2.95. The van der Waals surface area contributed by atoms with E-state index < -0.39 is 0 Å². The molecule has 5 nitrogen and oxygen atoms in total. The summed E-state index contributed by atoms with van der Waals surface area (Å²) < 4.78 is 5.33. The predicted octanol–water partition coefficient (Wildman–Crippen LogP) is 4.43. The molecule has 4 rings (SSSR count). The SMILES string of the molecule is COc1ccccc1NC(=O)c1cccnc1N1c2ccccc2CC1C. The van der Waals surface area contributed by atoms with Gasteiger partial charge in [-0.15, -0.1) is 0 Å². The number of hydrogen-bond donors (Lipinski definition) is 1. The molecule has 2 heterocycles. The van der Waals surface area contributed by atoms with Crippen molar-refractivity contribution < 1.29 is 9.53 Å². The van der Waals surface area contributed by atoms with Crippen molar-refractivity contribution in [3.05, 3.63) is 78.0 Å². The molecular formula is C22H21N3O2. The lowest BCUT2D eigenvalue weighted by atomic mass is 10.1. The monoisotopic (exact) mass is 359 g/mol. The molecule has 1 N–H and O–H groups in total. The number of para-hydroxylation sites is 3. The maximum absolute atomic E-state index is 13.0. The van der Waals surface area contributed by atoms with E-state index in [2.05, 4.69) is 34.3 Å². The molecule has 0 aliphatic carbocycles. The number of fused-ring (bicyclic) bond motifs is 1. The topological polar surface area (TPSA) is 54.5 Å². The van der Waals surface area contributed by atoms with Crippen LogP contribution in [0, 0.1) is 0 Å². The van der Waals surface area contributed by atoms with Crippen molar-refractivity contribution in [3.63, 3.8) is 0 Å². The van der Waals surface area contributed by atoms with E-state index in [1.807, 2.05) is 36.4 Å². The third-order valence-electron chi connectivity index (χ3n) is 4.82. The minimum Gasteiger partial charge on any atom is -0.495 e. The number of hydrogen-bond acceptors (Lipinski definition) is 4. The summed E-state index contributed by atoms with van der Waals surface area (Å²) >= 11 is 0. The summed E-state index contributed by atoms with van der Waals surface area (Å²) in [4.78, 5) is 19.7. The second-order valence-electron chi connectivity index (χ2n) is 6.58. The molecule has 1 unspecified atom stereocenters. The fourth-order valence-electron chi connectivity index (χ4n) is 3.59. The first-order valence-corrected chi connectivity index (χ1v) is 8.95. The van der Waals surface area contributed by atoms with Crippen LogP contribution in [0.15, 0.2) is 66.9 Å². The Morgan fingerprint density at radius 2 is 1.89 bits per heavy atom. The van der Waals surface area contributed by atoms with Gasteiger partial charge in [0, 0.05) is 17.9 Å². The van der Waals surface area contributed by atoms with Crippen LogP contribution in [0.25, 0.3) is 0 Å². The fraction of sp³-hybridized carbons (Fsp3) is 0.182. The largest absolute Gasteiger partial charge is 0.495 e. The Balaban J connectivity index is 1.71. The lowest BCUT2D eigenvalue weighted by molar-refractivity contribution is 0.102. The molecule has 1 atom stereocenters. The fourth-order valence-corrected chi connectivity index (χ4v) is 3.59. The summed E-state index contributed by atoms with van der Waals surface area (Å²) in [5.74, 6) is 1.08. The number of pyridine rings is 1. The molecule has 136 valence electrons. The second-order valence-corrected chi connectivity index (χ2v) is 6.58. The highest BCUT2D eigenvalue weighted by Gasteiger charge is 2.30. The number of rotatable bonds is 4. The average Bonchev–Trinajstić information content (AvgIpc) is 3.04. The van der Waals surface area contributed by atoms with Crippen LogP contribution in [0.1, 0.15) is 22.8 Å². The number of methoxy groups -OCH3 is 1. The van der Waals surface area contributed by atoms with Gasteiger partial charge in [-0.25, -0.2) is 4.98 Å². The second kappa shape index (κ2) is 7.11. The van der Waals surface area contributed by atoms with Crippen molar-refractivity contribution in [2.75, 3.05) is 17.3 Å². The molecule has 1 aliphatic heterocycles. The van der Waals surface area contributed by atoms with Gasteiger partial charge in [0.05, 0.1) is 18.4 Å². The molecule has 27 heavy (non-hydrogen) atoms. The van der Waals surface area contributed by atoms with E-state index in [-0.39, 0.29) is 11.9 Å². The van der Waals surface area contributed by atoms with Gasteiger partial charge >= 0.3 is 0 Å². The smallest absolute Gasteiger partial charge is 0.259 e. The van der Waals surface area contributed by atoms with Gasteiger partial charge in [-0.1, -0.05) is 30.3 Å². The lowest BCUT2D eigenvalue weighted by Gasteiger charge is -2.25. The van der Waals surface area contributed by atoms with E-state index in [0.717, 1.165) is 12.1 Å². The summed E-state index contributed by atoms with van der Waals surface area (Å²) in [6.45, 7) is 2.15. The van der Waals surface area contributed by atoms with Gasteiger partial charge in [0.15, 0.2) is 0 Å². The maximum atomic E-state index is 13.0. The standard InChI is InChI=1S/C22H21N3O2/c1-15-14-16-8-3-5-11-19(16)25(15)21-17(9-7-13-23-21)22(26)24-18-10-4-6-12-20(18)27-2/h3-13,15H,14H2,1-2H3,(H,24,26). The van der Waals surface area contributed by atoms with Crippen molar-refractivity contribution >= 4 is 23.1 Å². The van der Waals surface area contributed by atoms with Crippen molar-refractivity contribution in [1.29, 1.82) is 0 Å². The Morgan fingerprint density at radius 3 is 2.74 bits per heavy atom. The predicted molar refractivity (Wildman–Crippen MR) is 107 cm³/mol. The number of ether oxygens (including phenoxy) is 1.